The van der Waals surface area contributed by atoms with Gasteiger partial charge in [-0.2, -0.15) is 0 Å². The van der Waals surface area contributed by atoms with E-state index in [2.05, 4.69) is 182 Å². The van der Waals surface area contributed by atoms with Gasteiger partial charge in [0.2, 0.25) is 0 Å². The van der Waals surface area contributed by atoms with Gasteiger partial charge in [0.05, 0.1) is 22.1 Å². The van der Waals surface area contributed by atoms with Crippen LogP contribution in [0, 0.1) is 0 Å². The zero-order chi connectivity index (χ0) is 33.5. The normalized spacial score (nSPS) is 15.1. The molecule has 2 heteroatoms. The molecule has 2 nitrogen and oxygen atoms in total. The number of nitrogens with zero attached hydrogens (tertiary/aromatic N) is 2. The van der Waals surface area contributed by atoms with E-state index in [4.69, 9.17) is 0 Å². The van der Waals surface area contributed by atoms with E-state index in [1.54, 1.807) is 0 Å². The average molecular weight is 641 g/mol. The van der Waals surface area contributed by atoms with Crippen LogP contribution in [0.25, 0.3) is 77.2 Å². The van der Waals surface area contributed by atoms with Crippen LogP contribution in [0.3, 0.4) is 0 Å². The molecular formula is C48H36N2. The van der Waals surface area contributed by atoms with Crippen LogP contribution in [0.4, 0.5) is 0 Å². The molecule has 2 aromatic heterocycles. The molecule has 0 spiro atoms. The first-order valence-electron chi connectivity index (χ1n) is 17.8. The second-order valence-corrected chi connectivity index (χ2v) is 15.3. The van der Waals surface area contributed by atoms with Crippen molar-refractivity contribution in [1.82, 2.24) is 9.13 Å². The molecular weight excluding hydrogens is 605 g/mol. The number of hydrogen-bond donors (Lipinski definition) is 0. The maximum Gasteiger partial charge on any atom is 0.0647 e. The van der Waals surface area contributed by atoms with Gasteiger partial charge in [0.1, 0.15) is 0 Å². The fraction of sp³-hybridized carbons (Fsp3) is 0.125. The molecule has 0 fully saturated rings. The molecule has 7 aromatic carbocycles. The van der Waals surface area contributed by atoms with E-state index < -0.39 is 0 Å². The fourth-order valence-electron chi connectivity index (χ4n) is 9.89. The Balaban J connectivity index is 1.39. The lowest BCUT2D eigenvalue weighted by atomic mass is 9.81. The van der Waals surface area contributed by atoms with E-state index in [9.17, 15) is 0 Å². The zero-order valence-electron chi connectivity index (χ0n) is 28.8. The molecule has 11 rings (SSSR count). The minimum atomic E-state index is -0.216. The molecule has 0 unspecified atom stereocenters. The van der Waals surface area contributed by atoms with Gasteiger partial charge in [0.25, 0.3) is 0 Å². The number of aromatic nitrogens is 2. The Bertz CT molecular complexity index is 2910. The summed E-state index contributed by atoms with van der Waals surface area (Å²) in [5.74, 6) is 0. The van der Waals surface area contributed by atoms with Crippen molar-refractivity contribution >= 4 is 43.6 Å². The lowest BCUT2D eigenvalue weighted by Gasteiger charge is -2.25. The molecule has 9 aromatic rings. The second kappa shape index (κ2) is 9.43. The van der Waals surface area contributed by atoms with Crippen molar-refractivity contribution in [2.75, 3.05) is 0 Å². The Labute approximate surface area is 291 Å². The summed E-state index contributed by atoms with van der Waals surface area (Å²) >= 11 is 0. The fourth-order valence-corrected chi connectivity index (χ4v) is 9.89. The van der Waals surface area contributed by atoms with Crippen LogP contribution in [-0.2, 0) is 10.8 Å². The molecule has 50 heavy (non-hydrogen) atoms. The Hall–Kier alpha value is -5.86. The summed E-state index contributed by atoms with van der Waals surface area (Å²) in [5, 5.41) is 5.24. The highest BCUT2D eigenvalue weighted by atomic mass is 15.0. The highest BCUT2D eigenvalue weighted by Gasteiger charge is 2.42. The summed E-state index contributed by atoms with van der Waals surface area (Å²) < 4.78 is 5.13. The first-order chi connectivity index (χ1) is 24.4. The first kappa shape index (κ1) is 28.0. The number of para-hydroxylation sites is 3. The highest BCUT2D eigenvalue weighted by Crippen LogP contribution is 2.58. The van der Waals surface area contributed by atoms with Crippen molar-refractivity contribution in [2.45, 2.75) is 38.5 Å². The molecule has 0 saturated carbocycles. The molecule has 0 N–H and O–H groups in total. The van der Waals surface area contributed by atoms with Crippen molar-refractivity contribution in [3.63, 3.8) is 0 Å². The summed E-state index contributed by atoms with van der Waals surface area (Å²) in [6.45, 7) is 9.63. The highest BCUT2D eigenvalue weighted by molar-refractivity contribution is 6.32. The summed E-state index contributed by atoms with van der Waals surface area (Å²) in [6.07, 6.45) is 0. The summed E-state index contributed by atoms with van der Waals surface area (Å²) in [5.41, 5.74) is 18.2. The molecule has 0 radical (unpaired) electrons. The molecule has 0 atom stereocenters. The van der Waals surface area contributed by atoms with E-state index in [-0.39, 0.29) is 10.8 Å². The Morgan fingerprint density at radius 3 is 1.66 bits per heavy atom. The zero-order valence-corrected chi connectivity index (χ0v) is 28.8. The van der Waals surface area contributed by atoms with Crippen LogP contribution >= 0.6 is 0 Å². The van der Waals surface area contributed by atoms with Crippen molar-refractivity contribution in [2.24, 2.45) is 0 Å². The second-order valence-electron chi connectivity index (χ2n) is 15.3. The summed E-state index contributed by atoms with van der Waals surface area (Å²) in [6, 6.07) is 54.3. The van der Waals surface area contributed by atoms with Gasteiger partial charge in [-0.25, -0.2) is 0 Å². The molecule has 0 bridgehead atoms. The third-order valence-corrected chi connectivity index (χ3v) is 12.1. The van der Waals surface area contributed by atoms with Gasteiger partial charge in [-0.15, -0.1) is 0 Å². The van der Waals surface area contributed by atoms with Crippen LogP contribution in [0.1, 0.15) is 49.9 Å². The van der Waals surface area contributed by atoms with Crippen LogP contribution in [0.5, 0.6) is 0 Å². The van der Waals surface area contributed by atoms with Crippen LogP contribution in [0.2, 0.25) is 0 Å². The number of rotatable bonds is 2. The molecule has 2 heterocycles. The van der Waals surface area contributed by atoms with Crippen molar-refractivity contribution in [3.8, 4) is 33.6 Å². The monoisotopic (exact) mass is 640 g/mol. The topological polar surface area (TPSA) is 9.86 Å². The quantitative estimate of drug-likeness (QED) is 0.178. The lowest BCUT2D eigenvalue weighted by molar-refractivity contribution is 0.659. The SMILES string of the molecule is CC1(C)c2ccccc2-c2ccc(-n3c4ccccc4c4c3c3c(c5c6ccccc6n(-c6ccccc6)c54)-c4ccccc4C3(C)C)cc21. The Morgan fingerprint density at radius 2 is 0.940 bits per heavy atom. The van der Waals surface area contributed by atoms with Crippen molar-refractivity contribution in [3.05, 3.63) is 168 Å². The van der Waals surface area contributed by atoms with Gasteiger partial charge in [-0.1, -0.05) is 137 Å². The maximum absolute atomic E-state index is 2.60. The minimum absolute atomic E-state index is 0.0921. The molecule has 238 valence electrons. The molecule has 0 saturated heterocycles. The van der Waals surface area contributed by atoms with Gasteiger partial charge >= 0.3 is 0 Å². The average Bonchev–Trinajstić information content (AvgIpc) is 3.81. The van der Waals surface area contributed by atoms with Gasteiger partial charge in [0.15, 0.2) is 0 Å². The van der Waals surface area contributed by atoms with E-state index in [1.807, 2.05) is 0 Å². The maximum atomic E-state index is 2.60. The van der Waals surface area contributed by atoms with Crippen LogP contribution < -0.4 is 0 Å². The molecule has 0 amide bonds. The van der Waals surface area contributed by atoms with Gasteiger partial charge in [0, 0.05) is 43.7 Å². The van der Waals surface area contributed by atoms with Crippen LogP contribution in [0.15, 0.2) is 146 Å². The molecule has 2 aliphatic carbocycles. The first-order valence-corrected chi connectivity index (χ1v) is 17.8. The predicted molar refractivity (Wildman–Crippen MR) is 210 cm³/mol. The number of fused-ring (bicyclic) bond motifs is 15. The summed E-state index contributed by atoms with van der Waals surface area (Å²) in [7, 11) is 0. The van der Waals surface area contributed by atoms with Gasteiger partial charge < -0.3 is 9.13 Å². The van der Waals surface area contributed by atoms with E-state index >= 15 is 0 Å². The van der Waals surface area contributed by atoms with Crippen LogP contribution in [-0.4, -0.2) is 9.13 Å². The standard InChI is InChI=1S/C48H36N2/c1-47(2)36-22-12-8-18-31(36)32-27-26-30(28-38(32)47)50-40-25-15-11-21-35(40)43-45-42(34-20-10-14-24-39(34)49(45)29-16-6-5-7-17-29)41-33-19-9-13-23-37(33)48(3,4)44(41)46(43)50/h5-28H,1-4H3. The Morgan fingerprint density at radius 1 is 0.400 bits per heavy atom. The molecule has 2 aliphatic rings. The lowest BCUT2D eigenvalue weighted by Crippen LogP contribution is -2.17. The van der Waals surface area contributed by atoms with E-state index in [1.165, 1.54) is 99.5 Å². The van der Waals surface area contributed by atoms with Gasteiger partial charge in [-0.05, 0) is 80.9 Å². The van der Waals surface area contributed by atoms with Crippen molar-refractivity contribution < 1.29 is 0 Å². The van der Waals surface area contributed by atoms with E-state index in [0.717, 1.165) is 0 Å². The van der Waals surface area contributed by atoms with Gasteiger partial charge in [-0.3, -0.25) is 0 Å². The largest absolute Gasteiger partial charge is 0.309 e. The van der Waals surface area contributed by atoms with E-state index in [0.29, 0.717) is 0 Å². The third kappa shape index (κ3) is 3.29. The smallest absolute Gasteiger partial charge is 0.0647 e. The minimum Gasteiger partial charge on any atom is -0.309 e. The Kier molecular flexibility index (Phi) is 5.28. The summed E-state index contributed by atoms with van der Waals surface area (Å²) in [4.78, 5) is 0. The molecule has 0 aliphatic heterocycles. The number of benzene rings is 7. The predicted octanol–water partition coefficient (Wildman–Crippen LogP) is 12.5. The number of hydrogen-bond acceptors (Lipinski definition) is 0. The van der Waals surface area contributed by atoms with Crippen molar-refractivity contribution in [1.29, 1.82) is 0 Å². The third-order valence-electron chi connectivity index (χ3n) is 12.1.